The van der Waals surface area contributed by atoms with Crippen LogP contribution in [0.4, 0.5) is 5.69 Å². The van der Waals surface area contributed by atoms with Crippen LogP contribution in [-0.4, -0.2) is 32.4 Å². The Hall–Kier alpha value is -2.13. The molecule has 0 saturated carbocycles. The highest BCUT2D eigenvalue weighted by Gasteiger charge is 2.34. The summed E-state index contributed by atoms with van der Waals surface area (Å²) < 4.78 is 24.2. The highest BCUT2D eigenvalue weighted by atomic mass is 32.2. The van der Waals surface area contributed by atoms with Gasteiger partial charge in [0.05, 0.1) is 17.1 Å². The quantitative estimate of drug-likeness (QED) is 0.616. The van der Waals surface area contributed by atoms with Crippen LogP contribution in [-0.2, 0) is 14.6 Å². The zero-order chi connectivity index (χ0) is 14.9. The predicted octanol–water partition coefficient (Wildman–Crippen LogP) is 1.03. The molecule has 0 unspecified atom stereocenters. The second-order valence-electron chi connectivity index (χ2n) is 4.40. The number of amides is 1. The Kier molecular flexibility index (Phi) is 3.64. The monoisotopic (exact) mass is 291 g/mol. The van der Waals surface area contributed by atoms with Gasteiger partial charge in [0, 0.05) is 12.0 Å². The molecule has 1 aromatic rings. The smallest absolute Gasteiger partial charge is 0.243 e. The number of terminal acetylenes is 1. The summed E-state index contributed by atoms with van der Waals surface area (Å²) in [6.45, 7) is 1.70. The second-order valence-corrected chi connectivity index (χ2v) is 6.36. The van der Waals surface area contributed by atoms with Gasteiger partial charge in [-0.25, -0.2) is 8.42 Å². The molecular formula is C14H13NO4S. The van der Waals surface area contributed by atoms with Crippen LogP contribution < -0.4 is 4.90 Å². The zero-order valence-corrected chi connectivity index (χ0v) is 11.7. The fourth-order valence-electron chi connectivity index (χ4n) is 2.08. The van der Waals surface area contributed by atoms with Gasteiger partial charge in [0.2, 0.25) is 5.91 Å². The van der Waals surface area contributed by atoms with E-state index in [1.54, 1.807) is 6.92 Å². The topological polar surface area (TPSA) is 71.5 Å². The number of Topliss-reactive ketones (excluding diaryl/α,β-unsaturated/α-hetero) is 1. The molecule has 2 rings (SSSR count). The van der Waals surface area contributed by atoms with E-state index >= 15 is 0 Å². The zero-order valence-electron chi connectivity index (χ0n) is 10.9. The van der Waals surface area contributed by atoms with Gasteiger partial charge in [-0.1, -0.05) is 12.8 Å². The van der Waals surface area contributed by atoms with Crippen molar-refractivity contribution in [1.29, 1.82) is 0 Å². The van der Waals surface area contributed by atoms with Gasteiger partial charge >= 0.3 is 0 Å². The van der Waals surface area contributed by atoms with Crippen LogP contribution >= 0.6 is 0 Å². The summed E-state index contributed by atoms with van der Waals surface area (Å²) in [6.07, 6.45) is 5.48. The maximum absolute atomic E-state index is 12.1. The molecule has 0 radical (unpaired) electrons. The molecule has 1 aromatic carbocycles. The molecule has 0 aliphatic carbocycles. The number of hydrogen-bond acceptors (Lipinski definition) is 4. The molecule has 6 heteroatoms. The number of ketones is 1. The first-order chi connectivity index (χ1) is 9.40. The number of benzene rings is 1. The lowest BCUT2D eigenvalue weighted by molar-refractivity contribution is -0.116. The van der Waals surface area contributed by atoms with Gasteiger partial charge in [-0.05, 0) is 18.2 Å². The van der Waals surface area contributed by atoms with Crippen molar-refractivity contribution in [3.8, 4) is 12.3 Å². The highest BCUT2D eigenvalue weighted by molar-refractivity contribution is 7.92. The van der Waals surface area contributed by atoms with Crippen molar-refractivity contribution in [3.05, 3.63) is 23.8 Å². The largest absolute Gasteiger partial charge is 0.299 e. The summed E-state index contributed by atoms with van der Waals surface area (Å²) in [5.74, 6) is 1.01. The van der Waals surface area contributed by atoms with Crippen LogP contribution in [0, 0.1) is 12.3 Å². The molecule has 0 fully saturated rings. The second kappa shape index (κ2) is 5.10. The lowest BCUT2D eigenvalue weighted by atomic mass is 10.1. The maximum Gasteiger partial charge on any atom is 0.243 e. The van der Waals surface area contributed by atoms with Gasteiger partial charge in [-0.15, -0.1) is 6.42 Å². The van der Waals surface area contributed by atoms with Gasteiger partial charge in [-0.3, -0.25) is 14.5 Å². The van der Waals surface area contributed by atoms with Crippen LogP contribution in [0.1, 0.15) is 23.7 Å². The third-order valence-corrected chi connectivity index (χ3v) is 4.72. The van der Waals surface area contributed by atoms with Gasteiger partial charge in [0.25, 0.3) is 0 Å². The van der Waals surface area contributed by atoms with E-state index in [4.69, 9.17) is 6.42 Å². The van der Waals surface area contributed by atoms with E-state index in [9.17, 15) is 18.0 Å². The Morgan fingerprint density at radius 1 is 1.45 bits per heavy atom. The summed E-state index contributed by atoms with van der Waals surface area (Å²) in [6, 6.07) is 4.30. The molecule has 1 heterocycles. The Labute approximate surface area is 117 Å². The lowest BCUT2D eigenvalue weighted by Crippen LogP contribution is -2.41. The average Bonchev–Trinajstić information content (AvgIpc) is 2.41. The van der Waals surface area contributed by atoms with Crippen molar-refractivity contribution in [2.45, 2.75) is 18.2 Å². The first-order valence-corrected chi connectivity index (χ1v) is 7.69. The van der Waals surface area contributed by atoms with E-state index in [0.717, 1.165) is 0 Å². The van der Waals surface area contributed by atoms with Crippen LogP contribution in [0.5, 0.6) is 0 Å². The Morgan fingerprint density at radius 2 is 2.15 bits per heavy atom. The fraction of sp³-hybridized carbons (Fsp3) is 0.286. The summed E-state index contributed by atoms with van der Waals surface area (Å²) in [5, 5.41) is 0. The first kappa shape index (κ1) is 14.3. The first-order valence-electron chi connectivity index (χ1n) is 6.04. The minimum absolute atomic E-state index is 0.00240. The summed E-state index contributed by atoms with van der Waals surface area (Å²) in [7, 11) is -3.72. The summed E-state index contributed by atoms with van der Waals surface area (Å²) in [4.78, 5) is 24.7. The molecule has 0 saturated heterocycles. The van der Waals surface area contributed by atoms with Gasteiger partial charge < -0.3 is 0 Å². The minimum atomic E-state index is -3.72. The number of carbonyl (C=O) groups is 2. The van der Waals surface area contributed by atoms with E-state index in [0.29, 0.717) is 5.56 Å². The number of sulfone groups is 1. The van der Waals surface area contributed by atoms with Crippen molar-refractivity contribution in [3.63, 3.8) is 0 Å². The minimum Gasteiger partial charge on any atom is -0.299 e. The standard InChI is InChI=1S/C14H13NO4S/c1-3-7-15-11-6-5-10(12(16)4-2)8-13(11)20(18,19)9-14(15)17/h1,5-6,8H,4,7,9H2,2H3. The van der Waals surface area contributed by atoms with E-state index < -0.39 is 21.5 Å². The number of nitrogens with zero attached hydrogens (tertiary/aromatic N) is 1. The van der Waals surface area contributed by atoms with E-state index in [2.05, 4.69) is 5.92 Å². The van der Waals surface area contributed by atoms with Crippen molar-refractivity contribution in [1.82, 2.24) is 0 Å². The Balaban J connectivity index is 2.64. The number of anilines is 1. The van der Waals surface area contributed by atoms with Crippen molar-refractivity contribution >= 4 is 27.2 Å². The molecule has 20 heavy (non-hydrogen) atoms. The molecular weight excluding hydrogens is 278 g/mol. The number of carbonyl (C=O) groups excluding carboxylic acids is 2. The number of fused-ring (bicyclic) bond motifs is 1. The lowest BCUT2D eigenvalue weighted by Gasteiger charge is -2.27. The molecule has 1 aliphatic rings. The molecule has 1 amide bonds. The molecule has 0 atom stereocenters. The molecule has 5 nitrogen and oxygen atoms in total. The van der Waals surface area contributed by atoms with E-state index in [1.165, 1.54) is 23.1 Å². The Bertz CT molecular complexity index is 728. The van der Waals surface area contributed by atoms with Crippen molar-refractivity contribution in [2.24, 2.45) is 0 Å². The molecule has 0 N–H and O–H groups in total. The summed E-state index contributed by atoms with van der Waals surface area (Å²) in [5.41, 5.74) is 0.566. The highest BCUT2D eigenvalue weighted by Crippen LogP contribution is 2.32. The number of rotatable bonds is 3. The van der Waals surface area contributed by atoms with E-state index in [-0.39, 0.29) is 29.3 Å². The van der Waals surface area contributed by atoms with Crippen LogP contribution in [0.15, 0.2) is 23.1 Å². The maximum atomic E-state index is 12.1. The molecule has 0 bridgehead atoms. The van der Waals surface area contributed by atoms with Gasteiger partial charge in [0.15, 0.2) is 15.6 Å². The van der Waals surface area contributed by atoms with Crippen LogP contribution in [0.2, 0.25) is 0 Å². The van der Waals surface area contributed by atoms with Gasteiger partial charge in [0.1, 0.15) is 5.75 Å². The third-order valence-electron chi connectivity index (χ3n) is 3.09. The third kappa shape index (κ3) is 2.32. The van der Waals surface area contributed by atoms with E-state index in [1.807, 2.05) is 0 Å². The molecule has 0 spiro atoms. The fourth-order valence-corrected chi connectivity index (χ4v) is 3.52. The van der Waals surface area contributed by atoms with Crippen molar-refractivity contribution < 1.29 is 18.0 Å². The SMILES string of the molecule is C#CCN1C(=O)CS(=O)(=O)c2cc(C(=O)CC)ccc21. The Morgan fingerprint density at radius 3 is 2.75 bits per heavy atom. The van der Waals surface area contributed by atoms with Crippen LogP contribution in [0.25, 0.3) is 0 Å². The number of hydrogen-bond donors (Lipinski definition) is 0. The molecule has 104 valence electrons. The molecule has 1 aliphatic heterocycles. The predicted molar refractivity (Wildman–Crippen MR) is 74.3 cm³/mol. The summed E-state index contributed by atoms with van der Waals surface area (Å²) >= 11 is 0. The van der Waals surface area contributed by atoms with Crippen LogP contribution in [0.3, 0.4) is 0 Å². The van der Waals surface area contributed by atoms with Crippen molar-refractivity contribution in [2.75, 3.05) is 17.2 Å². The molecule has 0 aromatic heterocycles. The average molecular weight is 291 g/mol. The normalized spacial score (nSPS) is 16.4. The van der Waals surface area contributed by atoms with Gasteiger partial charge in [-0.2, -0.15) is 0 Å².